The minimum Gasteiger partial charge on any atom is -0.465 e. The molecule has 4 aromatic rings. The van der Waals surface area contributed by atoms with Crippen molar-refractivity contribution in [2.24, 2.45) is 0 Å². The van der Waals surface area contributed by atoms with Crippen LogP contribution in [0.2, 0.25) is 10.0 Å². The van der Waals surface area contributed by atoms with E-state index in [9.17, 15) is 14.4 Å². The molecular weight excluding hydrogens is 620 g/mol. The molecule has 0 aliphatic heterocycles. The Hall–Kier alpha value is -2.99. The second-order valence-electron chi connectivity index (χ2n) is 6.58. The minimum atomic E-state index is -0.905. The number of halogens is 3. The first kappa shape index (κ1) is 24.1. The van der Waals surface area contributed by atoms with E-state index in [1.54, 1.807) is 30.5 Å². The maximum Gasteiger partial charge on any atom is 0.349 e. The minimum absolute atomic E-state index is 0.0367. The van der Waals surface area contributed by atoms with Gasteiger partial charge in [0.25, 0.3) is 5.56 Å². The van der Waals surface area contributed by atoms with Crippen LogP contribution in [0.4, 0.5) is 0 Å². The summed E-state index contributed by atoms with van der Waals surface area (Å²) in [5.74, 6) is -0.0643. The van der Waals surface area contributed by atoms with E-state index in [1.807, 2.05) is 8.96 Å². The first-order chi connectivity index (χ1) is 16.3. The molecule has 2 aromatic heterocycles. The zero-order valence-electron chi connectivity index (χ0n) is 16.8. The Labute approximate surface area is 216 Å². The van der Waals surface area contributed by atoms with Crippen LogP contribution in [-0.4, -0.2) is 31.8 Å². The zero-order valence-corrected chi connectivity index (χ0v) is 21.3. The monoisotopic (exact) mass is 629 g/mol. The van der Waals surface area contributed by atoms with Crippen molar-refractivity contribution in [3.05, 3.63) is 78.7 Å². The summed E-state index contributed by atoms with van der Waals surface area (Å²) in [6.45, 7) is 0. The molecule has 2 heterocycles. The molecule has 0 radical (unpaired) electrons. The summed E-state index contributed by atoms with van der Waals surface area (Å²) in [4.78, 5) is 37.9. The van der Waals surface area contributed by atoms with E-state index in [0.29, 0.717) is 16.7 Å². The Kier molecular flexibility index (Phi) is 6.89. The number of fused-ring (bicyclic) bond motifs is 1. The number of aromatic nitrogens is 4. The number of rotatable bonds is 5. The average Bonchev–Trinajstić information content (AvgIpc) is 3.19. The van der Waals surface area contributed by atoms with Crippen molar-refractivity contribution in [1.29, 1.82) is 5.26 Å². The molecule has 0 saturated carbocycles. The Morgan fingerprint density at radius 3 is 2.56 bits per heavy atom. The van der Waals surface area contributed by atoms with Gasteiger partial charge in [0.2, 0.25) is 5.69 Å². The van der Waals surface area contributed by atoms with Gasteiger partial charge in [-0.2, -0.15) is 9.94 Å². The van der Waals surface area contributed by atoms with E-state index in [4.69, 9.17) is 37.9 Å². The molecule has 0 unspecified atom stereocenters. The van der Waals surface area contributed by atoms with E-state index < -0.39 is 22.9 Å². The van der Waals surface area contributed by atoms with Crippen molar-refractivity contribution in [3.8, 4) is 23.3 Å². The molecular formula is C20H10Cl2IN5O5S. The van der Waals surface area contributed by atoms with Gasteiger partial charge in [-0.1, -0.05) is 23.2 Å². The number of aromatic amines is 1. The Morgan fingerprint density at radius 1 is 1.24 bits per heavy atom. The van der Waals surface area contributed by atoms with Gasteiger partial charge in [-0.05, 0) is 30.3 Å². The fraction of sp³-hybridized carbons (Fsp3) is 0.0500. The molecule has 0 amide bonds. The van der Waals surface area contributed by atoms with Gasteiger partial charge >= 0.3 is 11.7 Å². The summed E-state index contributed by atoms with van der Waals surface area (Å²) in [5, 5.41) is 13.4. The first-order valence-corrected chi connectivity index (χ1v) is 13.2. The van der Waals surface area contributed by atoms with Crippen LogP contribution in [0.3, 0.4) is 0 Å². The van der Waals surface area contributed by atoms with E-state index in [1.165, 1.54) is 28.4 Å². The topological polar surface area (TPSA) is 132 Å². The lowest BCUT2D eigenvalue weighted by atomic mass is 10.1. The van der Waals surface area contributed by atoms with E-state index in [2.05, 4.69) is 26.3 Å². The van der Waals surface area contributed by atoms with Gasteiger partial charge in [-0.15, -0.1) is 5.10 Å². The number of methoxy groups -OCH3 is 1. The van der Waals surface area contributed by atoms with Gasteiger partial charge in [0.05, 0.1) is 33.9 Å². The lowest BCUT2D eigenvalue weighted by molar-refractivity contribution is 0.0603. The smallest absolute Gasteiger partial charge is 0.349 e. The predicted octanol–water partition coefficient (Wildman–Crippen LogP) is 4.48. The summed E-state index contributed by atoms with van der Waals surface area (Å²) in [5.41, 5.74) is -1.04. The Bertz CT molecular complexity index is 1600. The number of carbonyl (C=O) groups is 1. The molecule has 2 aromatic carbocycles. The van der Waals surface area contributed by atoms with Crippen molar-refractivity contribution in [2.45, 2.75) is 0 Å². The molecule has 14 heteroatoms. The van der Waals surface area contributed by atoms with Crippen molar-refractivity contribution < 1.29 is 14.3 Å². The summed E-state index contributed by atoms with van der Waals surface area (Å²) < 4.78 is 13.4. The van der Waals surface area contributed by atoms with Crippen molar-refractivity contribution >= 4 is 70.4 Å². The molecule has 172 valence electrons. The highest BCUT2D eigenvalue weighted by atomic mass is 127. The van der Waals surface area contributed by atoms with Gasteiger partial charge in [0.1, 0.15) is 11.8 Å². The highest BCUT2D eigenvalue weighted by Gasteiger charge is 2.19. The van der Waals surface area contributed by atoms with Gasteiger partial charge in [-0.3, -0.25) is 13.8 Å². The van der Waals surface area contributed by atoms with E-state index in [0.717, 1.165) is 10.2 Å². The second kappa shape index (κ2) is 9.71. The maximum atomic E-state index is 12.2. The number of hydrogen-bond acceptors (Lipinski definition) is 8. The van der Waals surface area contributed by atoms with Crippen molar-refractivity contribution in [3.63, 3.8) is 0 Å². The van der Waals surface area contributed by atoms with Crippen LogP contribution in [0.25, 0.3) is 16.6 Å². The van der Waals surface area contributed by atoms with Gasteiger partial charge < -0.3 is 9.47 Å². The Balaban J connectivity index is 1.76. The summed E-state index contributed by atoms with van der Waals surface area (Å²) >= 11 is 14.8. The molecule has 1 N–H and O–H groups in total. The molecule has 0 saturated heterocycles. The van der Waals surface area contributed by atoms with E-state index in [-0.39, 0.29) is 21.5 Å². The van der Waals surface area contributed by atoms with Gasteiger partial charge in [0.15, 0.2) is 5.75 Å². The molecule has 10 nitrogen and oxygen atoms in total. The summed E-state index contributed by atoms with van der Waals surface area (Å²) in [7, 11) is 2.68. The van der Waals surface area contributed by atoms with Crippen molar-refractivity contribution in [2.75, 3.05) is 7.11 Å². The lowest BCUT2D eigenvalue weighted by Gasteiger charge is -2.12. The molecule has 0 aliphatic rings. The lowest BCUT2D eigenvalue weighted by Crippen LogP contribution is -2.33. The molecule has 0 bridgehead atoms. The third-order valence-electron chi connectivity index (χ3n) is 4.60. The number of ether oxygens (including phenoxy) is 2. The van der Waals surface area contributed by atoms with Gasteiger partial charge in [0, 0.05) is 41.9 Å². The standard InChI is InChI=1S/C20H10Cl2IN5O5S/c1-32-19(30)12-8-27(34-23)16-3-2-10(6-11(12)16)33-17-13(21)4-9(5-14(17)22)28-20(31)25-18(29)15(7-24)26-28/h2-6,8H,1H3,(H,25,29,31). The van der Waals surface area contributed by atoms with Crippen LogP contribution in [0.1, 0.15) is 16.1 Å². The number of H-pyrrole nitrogens is 1. The largest absolute Gasteiger partial charge is 0.465 e. The predicted molar refractivity (Wildman–Crippen MR) is 136 cm³/mol. The molecule has 4 rings (SSSR count). The number of carbonyl (C=O) groups excluding carboxylic acids is 1. The van der Waals surface area contributed by atoms with Gasteiger partial charge in [-0.25, -0.2) is 9.59 Å². The number of hydrogen-bond donors (Lipinski definition) is 1. The van der Waals surface area contributed by atoms with Crippen LogP contribution < -0.4 is 16.0 Å². The quantitative estimate of drug-likeness (QED) is 0.252. The number of esters is 1. The van der Waals surface area contributed by atoms with Crippen LogP contribution in [-0.2, 0) is 4.74 Å². The third-order valence-corrected chi connectivity index (χ3v) is 6.89. The highest BCUT2D eigenvalue weighted by Crippen LogP contribution is 2.39. The molecule has 0 atom stereocenters. The zero-order chi connectivity index (χ0) is 24.6. The maximum absolute atomic E-state index is 12.2. The normalized spacial score (nSPS) is 10.8. The summed E-state index contributed by atoms with van der Waals surface area (Å²) in [6.07, 6.45) is 1.66. The third kappa shape index (κ3) is 4.39. The molecule has 34 heavy (non-hydrogen) atoms. The number of benzene rings is 2. The fourth-order valence-electron chi connectivity index (χ4n) is 3.10. The van der Waals surface area contributed by atoms with E-state index >= 15 is 0 Å². The second-order valence-corrected chi connectivity index (χ2v) is 9.11. The van der Waals surface area contributed by atoms with Crippen molar-refractivity contribution in [1.82, 2.24) is 18.7 Å². The number of nitriles is 1. The average molecular weight is 630 g/mol. The summed E-state index contributed by atoms with van der Waals surface area (Å²) in [6, 6.07) is 9.39. The fourth-order valence-corrected chi connectivity index (χ4v) is 5.01. The van der Waals surface area contributed by atoms with Crippen LogP contribution >= 0.6 is 53.5 Å². The molecule has 0 spiro atoms. The first-order valence-electron chi connectivity index (χ1n) is 9.11. The Morgan fingerprint density at radius 2 is 1.94 bits per heavy atom. The van der Waals surface area contributed by atoms with Crippen LogP contribution in [0, 0.1) is 11.3 Å². The SMILES string of the molecule is COC(=O)c1cn(SI)c2ccc(Oc3c(Cl)cc(-n4nc(C#N)c(=O)[nH]c4=O)cc3Cl)cc12. The van der Waals surface area contributed by atoms with Crippen LogP contribution in [0.15, 0.2) is 46.1 Å². The number of nitrogens with one attached hydrogen (secondary N) is 1. The number of nitrogens with zero attached hydrogens (tertiary/aromatic N) is 4. The molecule has 0 fully saturated rings. The van der Waals surface area contributed by atoms with Crippen LogP contribution in [0.5, 0.6) is 11.5 Å². The highest BCUT2D eigenvalue weighted by molar-refractivity contribution is 14.2. The molecule has 0 aliphatic carbocycles.